The molecule has 4 aliphatic heterocycles. The Kier molecular flexibility index (Phi) is 5.78. The van der Waals surface area contributed by atoms with Crippen LogP contribution in [0.2, 0.25) is 0 Å². The average molecular weight is 553 g/mol. The van der Waals surface area contributed by atoms with Gasteiger partial charge in [0.05, 0.1) is 18.6 Å². The minimum Gasteiger partial charge on any atom is -0.508 e. The number of phenolic OH excluding ortho intramolecular Hbond substituents is 1. The van der Waals surface area contributed by atoms with E-state index in [-0.39, 0.29) is 29.4 Å². The van der Waals surface area contributed by atoms with Crippen molar-refractivity contribution in [2.24, 2.45) is 17.3 Å². The highest BCUT2D eigenvalue weighted by Crippen LogP contribution is 2.58. The molecule has 0 saturated carbocycles. The Balaban J connectivity index is 1.44. The van der Waals surface area contributed by atoms with E-state index in [2.05, 4.69) is 26.0 Å². The van der Waals surface area contributed by atoms with Gasteiger partial charge >= 0.3 is 11.9 Å². The molecule has 0 amide bonds. The zero-order valence-electron chi connectivity index (χ0n) is 24.2. The standard InChI is InChI=1S/C32H40O8/c1-18-10-21(33)13-23-22(18)11-20-15-28(2,3)8-7-9-29(4)19(12-24(34)31(20,6)37-23)16-32-25(38-29)14-26(35)39-30(32,5)17-27(36)40-32/h7-8,10,13-14,19-20,24,33-34H,9,11-12,15-17H2,1-6H3/b8-7-/t19-,20+,24+,29+,30-,31+,32-/m1/s1. The zero-order chi connectivity index (χ0) is 28.9. The fourth-order valence-corrected chi connectivity index (χ4v) is 7.89. The number of fused-ring (bicyclic) bond motifs is 3. The summed E-state index contributed by atoms with van der Waals surface area (Å²) in [7, 11) is 0. The lowest BCUT2D eigenvalue weighted by atomic mass is 9.64. The lowest BCUT2D eigenvalue weighted by molar-refractivity contribution is -0.224. The topological polar surface area (TPSA) is 112 Å². The quantitative estimate of drug-likeness (QED) is 0.348. The number of benzene rings is 1. The molecule has 0 unspecified atom stereocenters. The van der Waals surface area contributed by atoms with E-state index in [9.17, 15) is 19.8 Å². The molecule has 216 valence electrons. The summed E-state index contributed by atoms with van der Waals surface area (Å²) >= 11 is 0. The summed E-state index contributed by atoms with van der Waals surface area (Å²) < 4.78 is 25.0. The molecule has 0 radical (unpaired) electrons. The third kappa shape index (κ3) is 3.97. The van der Waals surface area contributed by atoms with E-state index in [1.165, 1.54) is 6.08 Å². The van der Waals surface area contributed by atoms with Gasteiger partial charge in [-0.15, -0.1) is 0 Å². The maximum absolute atomic E-state index is 12.6. The van der Waals surface area contributed by atoms with Gasteiger partial charge in [0.2, 0.25) is 5.60 Å². The van der Waals surface area contributed by atoms with Crippen LogP contribution in [-0.4, -0.2) is 50.7 Å². The molecule has 1 spiro atoms. The summed E-state index contributed by atoms with van der Waals surface area (Å²) in [4.78, 5) is 25.2. The van der Waals surface area contributed by atoms with Crippen molar-refractivity contribution in [2.75, 3.05) is 0 Å². The first-order valence-corrected chi connectivity index (χ1v) is 14.3. The predicted octanol–water partition coefficient (Wildman–Crippen LogP) is 4.82. The van der Waals surface area contributed by atoms with Crippen LogP contribution in [0.15, 0.2) is 36.1 Å². The van der Waals surface area contributed by atoms with Crippen LogP contribution in [-0.2, 0) is 30.2 Å². The van der Waals surface area contributed by atoms with Gasteiger partial charge < -0.3 is 29.2 Å². The SMILES string of the molecule is Cc1cc(O)cc2c1C[C@H]1CC(C)(C)/C=C\C[C@]3(C)OC4=CC(=O)O[C@]5(C)CC(=O)O[C@]45C[C@H]3C[C@H](O)[C@@]1(C)O2. The minimum atomic E-state index is -1.24. The molecule has 2 fully saturated rings. The minimum absolute atomic E-state index is 0.00872. The molecule has 5 aliphatic rings. The van der Waals surface area contributed by atoms with Crippen molar-refractivity contribution in [3.63, 3.8) is 0 Å². The van der Waals surface area contributed by atoms with E-state index in [1.807, 2.05) is 20.8 Å². The number of carbonyl (C=O) groups is 2. The summed E-state index contributed by atoms with van der Waals surface area (Å²) in [6.45, 7) is 12.0. The first kappa shape index (κ1) is 27.2. The first-order chi connectivity index (χ1) is 18.6. The normalized spacial score (nSPS) is 42.5. The number of carbonyl (C=O) groups excluding carboxylic acids is 2. The summed E-state index contributed by atoms with van der Waals surface area (Å²) in [5.74, 6) is -0.207. The van der Waals surface area contributed by atoms with Gasteiger partial charge in [-0.25, -0.2) is 4.79 Å². The van der Waals surface area contributed by atoms with Crippen LogP contribution in [0.3, 0.4) is 0 Å². The van der Waals surface area contributed by atoms with Gasteiger partial charge in [-0.1, -0.05) is 26.0 Å². The Hall–Kier alpha value is -3.00. The highest BCUT2D eigenvalue weighted by molar-refractivity contribution is 5.87. The predicted molar refractivity (Wildman–Crippen MR) is 145 cm³/mol. The van der Waals surface area contributed by atoms with E-state index in [0.29, 0.717) is 37.2 Å². The number of phenols is 1. The van der Waals surface area contributed by atoms with Crippen molar-refractivity contribution in [2.45, 2.75) is 109 Å². The van der Waals surface area contributed by atoms with Crippen LogP contribution in [0.4, 0.5) is 0 Å². The third-order valence-corrected chi connectivity index (χ3v) is 10.4. The monoisotopic (exact) mass is 552 g/mol. The first-order valence-electron chi connectivity index (χ1n) is 14.3. The van der Waals surface area contributed by atoms with E-state index in [0.717, 1.165) is 17.5 Å². The van der Waals surface area contributed by atoms with Crippen molar-refractivity contribution in [3.05, 3.63) is 47.2 Å². The van der Waals surface area contributed by atoms with E-state index < -0.39 is 40.4 Å². The van der Waals surface area contributed by atoms with Crippen molar-refractivity contribution >= 4 is 11.9 Å². The van der Waals surface area contributed by atoms with Crippen LogP contribution in [0.25, 0.3) is 0 Å². The Morgan fingerprint density at radius 1 is 0.950 bits per heavy atom. The van der Waals surface area contributed by atoms with Crippen molar-refractivity contribution in [1.29, 1.82) is 0 Å². The van der Waals surface area contributed by atoms with E-state index >= 15 is 0 Å². The Morgan fingerprint density at radius 2 is 1.70 bits per heavy atom. The van der Waals surface area contributed by atoms with Gasteiger partial charge in [0.1, 0.15) is 22.7 Å². The van der Waals surface area contributed by atoms with Crippen molar-refractivity contribution in [1.82, 2.24) is 0 Å². The van der Waals surface area contributed by atoms with Crippen LogP contribution < -0.4 is 4.74 Å². The summed E-state index contributed by atoms with van der Waals surface area (Å²) in [5, 5.41) is 22.4. The molecule has 7 atom stereocenters. The number of aliphatic hydroxyl groups is 1. The summed E-state index contributed by atoms with van der Waals surface area (Å²) in [6, 6.07) is 3.39. The number of aromatic hydroxyl groups is 1. The Labute approximate surface area is 235 Å². The largest absolute Gasteiger partial charge is 0.508 e. The van der Waals surface area contributed by atoms with Crippen LogP contribution in [0, 0.1) is 24.2 Å². The smallest absolute Gasteiger partial charge is 0.335 e. The Morgan fingerprint density at radius 3 is 2.45 bits per heavy atom. The molecular weight excluding hydrogens is 512 g/mol. The molecule has 2 saturated heterocycles. The summed E-state index contributed by atoms with van der Waals surface area (Å²) in [6.07, 6.45) is 7.43. The van der Waals surface area contributed by atoms with E-state index in [1.54, 1.807) is 19.1 Å². The number of hydrogen-bond acceptors (Lipinski definition) is 8. The molecule has 2 N–H and O–H groups in total. The maximum atomic E-state index is 12.6. The number of hydrogen-bond donors (Lipinski definition) is 2. The third-order valence-electron chi connectivity index (χ3n) is 10.4. The fraction of sp³-hybridized carbons (Fsp3) is 0.625. The van der Waals surface area contributed by atoms with Crippen LogP contribution >= 0.6 is 0 Å². The number of rotatable bonds is 0. The van der Waals surface area contributed by atoms with Crippen LogP contribution in [0.1, 0.15) is 77.8 Å². The second-order valence-corrected chi connectivity index (χ2v) is 13.9. The highest BCUT2D eigenvalue weighted by atomic mass is 16.6. The zero-order valence-corrected chi connectivity index (χ0v) is 24.2. The van der Waals surface area contributed by atoms with Crippen molar-refractivity contribution in [3.8, 4) is 11.5 Å². The molecule has 4 heterocycles. The number of ether oxygens (including phenoxy) is 4. The van der Waals surface area contributed by atoms with Crippen LogP contribution in [0.5, 0.6) is 11.5 Å². The van der Waals surface area contributed by atoms with Gasteiger partial charge in [-0.3, -0.25) is 4.79 Å². The Bertz CT molecular complexity index is 1340. The van der Waals surface area contributed by atoms with Gasteiger partial charge in [0, 0.05) is 30.7 Å². The number of aryl methyl sites for hydroxylation is 1. The van der Waals surface area contributed by atoms with Gasteiger partial charge in [0.15, 0.2) is 11.4 Å². The molecule has 1 aromatic rings. The second kappa shape index (κ2) is 8.51. The molecule has 6 rings (SSSR count). The average Bonchev–Trinajstić information content (AvgIpc) is 3.07. The maximum Gasteiger partial charge on any atom is 0.335 e. The molecule has 1 aromatic carbocycles. The lowest BCUT2D eigenvalue weighted by Gasteiger charge is -2.55. The van der Waals surface area contributed by atoms with E-state index in [4.69, 9.17) is 18.9 Å². The highest BCUT2D eigenvalue weighted by Gasteiger charge is 2.70. The number of esters is 2. The molecule has 0 aromatic heterocycles. The number of aliphatic hydroxyl groups excluding tert-OH is 1. The second-order valence-electron chi connectivity index (χ2n) is 13.9. The van der Waals surface area contributed by atoms with Crippen molar-refractivity contribution < 1.29 is 38.7 Å². The molecule has 0 bridgehead atoms. The molecule has 40 heavy (non-hydrogen) atoms. The van der Waals surface area contributed by atoms with Gasteiger partial charge in [-0.2, -0.15) is 0 Å². The fourth-order valence-electron chi connectivity index (χ4n) is 7.89. The molecular formula is C32H40O8. The molecule has 8 heteroatoms. The summed E-state index contributed by atoms with van der Waals surface area (Å²) in [5.41, 5.74) is -2.34. The lowest BCUT2D eigenvalue weighted by Crippen LogP contribution is -2.64. The van der Waals surface area contributed by atoms with Gasteiger partial charge in [-0.05, 0) is 69.6 Å². The molecule has 8 nitrogen and oxygen atoms in total. The number of allylic oxidation sites excluding steroid dienone is 1. The van der Waals surface area contributed by atoms with Gasteiger partial charge in [0.25, 0.3) is 0 Å². The molecule has 1 aliphatic carbocycles.